The topological polar surface area (TPSA) is 43.5 Å². The van der Waals surface area contributed by atoms with E-state index in [0.29, 0.717) is 5.69 Å². The van der Waals surface area contributed by atoms with Crippen molar-refractivity contribution in [2.75, 3.05) is 0 Å². The van der Waals surface area contributed by atoms with Gasteiger partial charge in [0.05, 0.1) is 11.2 Å². The van der Waals surface area contributed by atoms with E-state index < -0.39 is 17.1 Å². The number of hydrogen-bond donors (Lipinski definition) is 0. The molecule has 0 saturated carbocycles. The van der Waals surface area contributed by atoms with Gasteiger partial charge in [0.25, 0.3) is 5.56 Å². The van der Waals surface area contributed by atoms with Crippen LogP contribution in [0.5, 0.6) is 0 Å². The molecule has 5 heteroatoms. The molecule has 0 spiro atoms. The molecule has 0 unspecified atom stereocenters. The summed E-state index contributed by atoms with van der Waals surface area (Å²) in [7, 11) is 0. The molecule has 2 aromatic heterocycles. The fourth-order valence-corrected chi connectivity index (χ4v) is 2.22. The number of halogens is 1. The van der Waals surface area contributed by atoms with Gasteiger partial charge in [-0.1, -0.05) is 18.2 Å². The molecule has 2 heterocycles. The van der Waals surface area contributed by atoms with E-state index in [-0.39, 0.29) is 5.52 Å². The van der Waals surface area contributed by atoms with E-state index >= 15 is 0 Å². The standard InChI is InChI=1S/C15H11FN2O2/c1-10-5-2-3-7-12(10)18-14(19)9-13-11(16)6-4-8-17(13)15(18)20/h2-9H,1H3. The summed E-state index contributed by atoms with van der Waals surface area (Å²) in [6.07, 6.45) is 1.44. The molecule has 0 N–H and O–H groups in total. The molecular formula is C15H11FN2O2. The normalized spacial score (nSPS) is 10.9. The quantitative estimate of drug-likeness (QED) is 0.678. The highest BCUT2D eigenvalue weighted by Gasteiger charge is 2.11. The summed E-state index contributed by atoms with van der Waals surface area (Å²) in [6.45, 7) is 1.81. The van der Waals surface area contributed by atoms with Crippen molar-refractivity contribution in [2.45, 2.75) is 6.92 Å². The Morgan fingerprint density at radius 2 is 1.80 bits per heavy atom. The van der Waals surface area contributed by atoms with Crippen LogP contribution in [0.1, 0.15) is 5.56 Å². The van der Waals surface area contributed by atoms with Gasteiger partial charge in [0.2, 0.25) is 0 Å². The van der Waals surface area contributed by atoms with E-state index in [0.717, 1.165) is 20.6 Å². The Hall–Kier alpha value is -2.69. The van der Waals surface area contributed by atoms with Gasteiger partial charge < -0.3 is 0 Å². The fraction of sp³-hybridized carbons (Fsp3) is 0.0667. The first-order valence-electron chi connectivity index (χ1n) is 6.08. The van der Waals surface area contributed by atoms with Crippen molar-refractivity contribution in [3.8, 4) is 5.69 Å². The highest BCUT2D eigenvalue weighted by Crippen LogP contribution is 2.10. The van der Waals surface area contributed by atoms with Crippen LogP contribution in [-0.4, -0.2) is 8.97 Å². The van der Waals surface area contributed by atoms with Crippen molar-refractivity contribution in [3.63, 3.8) is 0 Å². The predicted octanol–water partition coefficient (Wildman–Crippen LogP) is 1.90. The molecule has 0 fully saturated rings. The summed E-state index contributed by atoms with van der Waals surface area (Å²) < 4.78 is 15.8. The van der Waals surface area contributed by atoms with E-state index in [4.69, 9.17) is 0 Å². The molecule has 3 rings (SSSR count). The SMILES string of the molecule is Cc1ccccc1-n1c(=O)cc2c(F)cccn2c1=O. The number of rotatable bonds is 1. The lowest BCUT2D eigenvalue weighted by molar-refractivity contribution is 0.628. The Bertz CT molecular complexity index is 925. The largest absolute Gasteiger partial charge is 0.340 e. The number of benzene rings is 1. The van der Waals surface area contributed by atoms with Gasteiger partial charge in [-0.25, -0.2) is 13.8 Å². The maximum absolute atomic E-state index is 13.7. The number of para-hydroxylation sites is 1. The summed E-state index contributed by atoms with van der Waals surface area (Å²) in [6, 6.07) is 10.8. The lowest BCUT2D eigenvalue weighted by atomic mass is 10.2. The molecule has 3 aromatic rings. The van der Waals surface area contributed by atoms with Gasteiger partial charge in [0.1, 0.15) is 5.82 Å². The molecule has 0 aliphatic heterocycles. The molecule has 0 bridgehead atoms. The van der Waals surface area contributed by atoms with Crippen LogP contribution in [0.3, 0.4) is 0 Å². The number of aromatic nitrogens is 2. The first kappa shape index (κ1) is 12.3. The van der Waals surface area contributed by atoms with E-state index in [9.17, 15) is 14.0 Å². The minimum absolute atomic E-state index is 0.0210. The van der Waals surface area contributed by atoms with Crippen LogP contribution in [0, 0.1) is 12.7 Å². The first-order chi connectivity index (χ1) is 9.59. The van der Waals surface area contributed by atoms with Crippen molar-refractivity contribution >= 4 is 5.52 Å². The van der Waals surface area contributed by atoms with Crippen molar-refractivity contribution in [1.82, 2.24) is 8.97 Å². The highest BCUT2D eigenvalue weighted by molar-refractivity contribution is 5.48. The Morgan fingerprint density at radius 1 is 1.05 bits per heavy atom. The van der Waals surface area contributed by atoms with Gasteiger partial charge in [-0.2, -0.15) is 0 Å². The van der Waals surface area contributed by atoms with Crippen molar-refractivity contribution in [3.05, 3.63) is 80.9 Å². The predicted molar refractivity (Wildman–Crippen MR) is 74.0 cm³/mol. The van der Waals surface area contributed by atoms with Crippen LogP contribution in [0.4, 0.5) is 4.39 Å². The fourth-order valence-electron chi connectivity index (χ4n) is 2.22. The van der Waals surface area contributed by atoms with Gasteiger partial charge in [0.15, 0.2) is 0 Å². The van der Waals surface area contributed by atoms with Crippen LogP contribution in [-0.2, 0) is 0 Å². The number of fused-ring (bicyclic) bond motifs is 1. The lowest BCUT2D eigenvalue weighted by Crippen LogP contribution is -2.36. The average molecular weight is 270 g/mol. The smallest absolute Gasteiger partial charge is 0.269 e. The summed E-state index contributed by atoms with van der Waals surface area (Å²) >= 11 is 0. The Morgan fingerprint density at radius 3 is 2.55 bits per heavy atom. The maximum Gasteiger partial charge on any atom is 0.340 e. The second kappa shape index (κ2) is 4.45. The molecule has 0 saturated heterocycles. The van der Waals surface area contributed by atoms with Crippen LogP contribution in [0.25, 0.3) is 11.2 Å². The third-order valence-electron chi connectivity index (χ3n) is 3.22. The summed E-state index contributed by atoms with van der Waals surface area (Å²) in [5.74, 6) is -0.598. The van der Waals surface area contributed by atoms with Gasteiger partial charge >= 0.3 is 5.69 Å². The van der Waals surface area contributed by atoms with Crippen LogP contribution in [0.15, 0.2) is 58.3 Å². The average Bonchev–Trinajstić information content (AvgIpc) is 2.42. The molecule has 4 nitrogen and oxygen atoms in total. The van der Waals surface area contributed by atoms with Gasteiger partial charge in [-0.3, -0.25) is 9.20 Å². The second-order valence-corrected chi connectivity index (χ2v) is 4.50. The minimum atomic E-state index is -0.598. The molecule has 0 aliphatic rings. The molecule has 20 heavy (non-hydrogen) atoms. The van der Waals surface area contributed by atoms with E-state index in [2.05, 4.69) is 0 Å². The van der Waals surface area contributed by atoms with E-state index in [1.807, 2.05) is 19.1 Å². The Labute approximate surface area is 113 Å². The molecule has 1 aromatic carbocycles. The van der Waals surface area contributed by atoms with Crippen molar-refractivity contribution in [2.24, 2.45) is 0 Å². The number of pyridine rings is 1. The zero-order chi connectivity index (χ0) is 14.3. The zero-order valence-corrected chi connectivity index (χ0v) is 10.7. The van der Waals surface area contributed by atoms with Crippen LogP contribution >= 0.6 is 0 Å². The van der Waals surface area contributed by atoms with Gasteiger partial charge in [0, 0.05) is 12.3 Å². The van der Waals surface area contributed by atoms with Gasteiger partial charge in [-0.05, 0) is 30.7 Å². The van der Waals surface area contributed by atoms with Crippen molar-refractivity contribution in [1.29, 1.82) is 0 Å². The second-order valence-electron chi connectivity index (χ2n) is 4.50. The van der Waals surface area contributed by atoms with E-state index in [1.165, 1.54) is 18.3 Å². The monoisotopic (exact) mass is 270 g/mol. The third-order valence-corrected chi connectivity index (χ3v) is 3.22. The lowest BCUT2D eigenvalue weighted by Gasteiger charge is -2.10. The molecule has 100 valence electrons. The molecular weight excluding hydrogens is 259 g/mol. The zero-order valence-electron chi connectivity index (χ0n) is 10.7. The summed E-state index contributed by atoms with van der Waals surface area (Å²) in [5.41, 5.74) is 0.146. The summed E-state index contributed by atoms with van der Waals surface area (Å²) in [4.78, 5) is 24.6. The highest BCUT2D eigenvalue weighted by atomic mass is 19.1. The molecule has 0 atom stereocenters. The van der Waals surface area contributed by atoms with E-state index in [1.54, 1.807) is 12.1 Å². The summed E-state index contributed by atoms with van der Waals surface area (Å²) in [5, 5.41) is 0. The number of aryl methyl sites for hydroxylation is 1. The maximum atomic E-state index is 13.7. The third kappa shape index (κ3) is 1.75. The minimum Gasteiger partial charge on any atom is -0.269 e. The Kier molecular flexibility index (Phi) is 2.75. The van der Waals surface area contributed by atoms with Crippen LogP contribution < -0.4 is 11.2 Å². The number of hydrogen-bond acceptors (Lipinski definition) is 2. The van der Waals surface area contributed by atoms with Crippen LogP contribution in [0.2, 0.25) is 0 Å². The van der Waals surface area contributed by atoms with Gasteiger partial charge in [-0.15, -0.1) is 0 Å². The molecule has 0 radical (unpaired) electrons. The van der Waals surface area contributed by atoms with Crippen molar-refractivity contribution < 1.29 is 4.39 Å². The molecule has 0 aliphatic carbocycles. The molecule has 0 amide bonds. The number of nitrogens with zero attached hydrogens (tertiary/aromatic N) is 2. The first-order valence-corrected chi connectivity index (χ1v) is 6.08. The Balaban J connectivity index is 2.48.